The summed E-state index contributed by atoms with van der Waals surface area (Å²) in [5.74, 6) is 1.15. The molecule has 0 amide bonds. The standard InChI is InChI=1S/C17H22N2O2/c1-10(2)16-18-13-8-7-12(17(20)21)9-15(13)19(16)14-6-4-5-11(14)3/h7-11,14H,4-6H2,1-3H3,(H,20,21). The van der Waals surface area contributed by atoms with Crippen molar-refractivity contribution in [3.63, 3.8) is 0 Å². The number of hydrogen-bond acceptors (Lipinski definition) is 2. The fraction of sp³-hybridized carbons (Fsp3) is 0.529. The van der Waals surface area contributed by atoms with Crippen molar-refractivity contribution in [3.8, 4) is 0 Å². The minimum atomic E-state index is -0.879. The van der Waals surface area contributed by atoms with Gasteiger partial charge >= 0.3 is 5.97 Å². The van der Waals surface area contributed by atoms with Crippen LogP contribution in [0, 0.1) is 5.92 Å². The van der Waals surface area contributed by atoms with Crippen molar-refractivity contribution in [2.24, 2.45) is 5.92 Å². The van der Waals surface area contributed by atoms with E-state index in [9.17, 15) is 9.90 Å². The molecule has 3 rings (SSSR count). The fourth-order valence-corrected chi connectivity index (χ4v) is 3.51. The summed E-state index contributed by atoms with van der Waals surface area (Å²) in [6, 6.07) is 5.70. The molecule has 1 aromatic carbocycles. The van der Waals surface area contributed by atoms with Crippen LogP contribution in [0.5, 0.6) is 0 Å². The number of carbonyl (C=O) groups is 1. The lowest BCUT2D eigenvalue weighted by Crippen LogP contribution is -2.15. The number of nitrogens with zero attached hydrogens (tertiary/aromatic N) is 2. The number of fused-ring (bicyclic) bond motifs is 1. The molecule has 1 aliphatic carbocycles. The quantitative estimate of drug-likeness (QED) is 0.919. The molecule has 0 radical (unpaired) electrons. The molecule has 112 valence electrons. The average Bonchev–Trinajstić information content (AvgIpc) is 3.00. The molecule has 0 saturated heterocycles. The van der Waals surface area contributed by atoms with E-state index in [1.54, 1.807) is 12.1 Å². The summed E-state index contributed by atoms with van der Waals surface area (Å²) in [5.41, 5.74) is 2.21. The number of aromatic carboxylic acids is 1. The molecule has 0 spiro atoms. The molecule has 1 N–H and O–H groups in total. The van der Waals surface area contributed by atoms with Gasteiger partial charge in [-0.2, -0.15) is 0 Å². The van der Waals surface area contributed by atoms with Crippen LogP contribution in [-0.2, 0) is 0 Å². The van der Waals surface area contributed by atoms with Crippen LogP contribution in [0.3, 0.4) is 0 Å². The van der Waals surface area contributed by atoms with Crippen molar-refractivity contribution >= 4 is 17.0 Å². The van der Waals surface area contributed by atoms with Crippen LogP contribution < -0.4 is 0 Å². The van der Waals surface area contributed by atoms with E-state index in [0.29, 0.717) is 23.4 Å². The topological polar surface area (TPSA) is 55.1 Å². The van der Waals surface area contributed by atoms with Crippen molar-refractivity contribution in [3.05, 3.63) is 29.6 Å². The van der Waals surface area contributed by atoms with Gasteiger partial charge in [0.15, 0.2) is 0 Å². The zero-order valence-electron chi connectivity index (χ0n) is 12.8. The van der Waals surface area contributed by atoms with E-state index in [2.05, 4.69) is 25.3 Å². The monoisotopic (exact) mass is 286 g/mol. The van der Waals surface area contributed by atoms with Gasteiger partial charge in [0.2, 0.25) is 0 Å². The predicted molar refractivity (Wildman–Crippen MR) is 82.8 cm³/mol. The maximum absolute atomic E-state index is 11.3. The van der Waals surface area contributed by atoms with E-state index in [0.717, 1.165) is 23.3 Å². The maximum Gasteiger partial charge on any atom is 0.335 e. The third kappa shape index (κ3) is 2.33. The average molecular weight is 286 g/mol. The Labute approximate surface area is 124 Å². The Morgan fingerprint density at radius 1 is 1.38 bits per heavy atom. The van der Waals surface area contributed by atoms with Crippen LogP contribution in [0.1, 0.15) is 68.2 Å². The number of hydrogen-bond donors (Lipinski definition) is 1. The third-order valence-corrected chi connectivity index (χ3v) is 4.63. The summed E-state index contributed by atoms with van der Waals surface area (Å²) in [4.78, 5) is 16.0. The lowest BCUT2D eigenvalue weighted by Gasteiger charge is -2.22. The molecule has 1 saturated carbocycles. The first-order valence-electron chi connectivity index (χ1n) is 7.74. The van der Waals surface area contributed by atoms with Gasteiger partial charge in [-0.3, -0.25) is 0 Å². The maximum atomic E-state index is 11.3. The molecule has 2 unspecified atom stereocenters. The first kappa shape index (κ1) is 14.1. The van der Waals surface area contributed by atoms with Crippen molar-refractivity contribution in [1.29, 1.82) is 0 Å². The van der Waals surface area contributed by atoms with Gasteiger partial charge in [-0.1, -0.05) is 27.2 Å². The van der Waals surface area contributed by atoms with Gasteiger partial charge in [-0.25, -0.2) is 9.78 Å². The van der Waals surface area contributed by atoms with E-state index >= 15 is 0 Å². The number of rotatable bonds is 3. The summed E-state index contributed by atoms with van der Waals surface area (Å²) in [5, 5.41) is 9.24. The Balaban J connectivity index is 2.24. The Morgan fingerprint density at radius 2 is 2.14 bits per heavy atom. The van der Waals surface area contributed by atoms with Crippen LogP contribution in [-0.4, -0.2) is 20.6 Å². The Bertz CT molecular complexity index is 687. The first-order chi connectivity index (χ1) is 9.99. The van der Waals surface area contributed by atoms with Gasteiger partial charge in [0, 0.05) is 12.0 Å². The molecule has 4 heteroatoms. The number of carboxylic acids is 1. The Morgan fingerprint density at radius 3 is 2.71 bits per heavy atom. The van der Waals surface area contributed by atoms with E-state index < -0.39 is 5.97 Å². The Kier molecular flexibility index (Phi) is 3.47. The highest BCUT2D eigenvalue weighted by atomic mass is 16.4. The summed E-state index contributed by atoms with van der Waals surface area (Å²) < 4.78 is 2.31. The first-order valence-corrected chi connectivity index (χ1v) is 7.74. The summed E-state index contributed by atoms with van der Waals surface area (Å²) >= 11 is 0. The molecule has 1 aliphatic rings. The largest absolute Gasteiger partial charge is 0.478 e. The minimum Gasteiger partial charge on any atom is -0.478 e. The zero-order chi connectivity index (χ0) is 15.1. The van der Waals surface area contributed by atoms with Gasteiger partial charge in [-0.15, -0.1) is 0 Å². The van der Waals surface area contributed by atoms with Gasteiger partial charge < -0.3 is 9.67 Å². The molecule has 2 atom stereocenters. The SMILES string of the molecule is CC(C)c1nc2ccc(C(=O)O)cc2n1C1CCCC1C. The van der Waals surface area contributed by atoms with Gasteiger partial charge in [0.1, 0.15) is 5.82 Å². The normalized spacial score (nSPS) is 22.3. The van der Waals surface area contributed by atoms with Crippen molar-refractivity contribution in [1.82, 2.24) is 9.55 Å². The van der Waals surface area contributed by atoms with Crippen LogP contribution in [0.15, 0.2) is 18.2 Å². The van der Waals surface area contributed by atoms with Crippen LogP contribution in [0.4, 0.5) is 0 Å². The van der Waals surface area contributed by atoms with E-state index in [1.807, 2.05) is 6.07 Å². The molecule has 2 aromatic rings. The molecule has 4 nitrogen and oxygen atoms in total. The van der Waals surface area contributed by atoms with Crippen molar-refractivity contribution < 1.29 is 9.90 Å². The molecule has 1 aromatic heterocycles. The number of aromatic nitrogens is 2. The van der Waals surface area contributed by atoms with Gasteiger partial charge in [0.25, 0.3) is 0 Å². The predicted octanol–water partition coefficient (Wildman–Crippen LogP) is 4.22. The molecule has 1 heterocycles. The van der Waals surface area contributed by atoms with Crippen molar-refractivity contribution in [2.75, 3.05) is 0 Å². The second-order valence-corrected chi connectivity index (χ2v) is 6.48. The zero-order valence-corrected chi connectivity index (χ0v) is 12.8. The number of imidazole rings is 1. The molecule has 1 fully saturated rings. The molecule has 21 heavy (non-hydrogen) atoms. The highest BCUT2D eigenvalue weighted by Crippen LogP contribution is 2.39. The number of carboxylic acid groups (broad SMARTS) is 1. The molecule has 0 bridgehead atoms. The Hall–Kier alpha value is -1.84. The molecule has 0 aliphatic heterocycles. The minimum absolute atomic E-state index is 0.332. The second kappa shape index (κ2) is 5.17. The third-order valence-electron chi connectivity index (χ3n) is 4.63. The van der Waals surface area contributed by atoms with Crippen LogP contribution in [0.2, 0.25) is 0 Å². The lowest BCUT2D eigenvalue weighted by molar-refractivity contribution is 0.0697. The summed E-state index contributed by atoms with van der Waals surface area (Å²) in [6.45, 7) is 6.58. The van der Waals surface area contributed by atoms with Gasteiger partial charge in [0.05, 0.1) is 16.6 Å². The van der Waals surface area contributed by atoms with Crippen LogP contribution >= 0.6 is 0 Å². The lowest BCUT2D eigenvalue weighted by atomic mass is 10.0. The van der Waals surface area contributed by atoms with Crippen LogP contribution in [0.25, 0.3) is 11.0 Å². The highest BCUT2D eigenvalue weighted by Gasteiger charge is 2.29. The fourth-order valence-electron chi connectivity index (χ4n) is 3.51. The second-order valence-electron chi connectivity index (χ2n) is 6.48. The highest BCUT2D eigenvalue weighted by molar-refractivity contribution is 5.92. The van der Waals surface area contributed by atoms with Gasteiger partial charge in [-0.05, 0) is 37.0 Å². The summed E-state index contributed by atoms with van der Waals surface area (Å²) in [6.07, 6.45) is 3.63. The van der Waals surface area contributed by atoms with Crippen molar-refractivity contribution in [2.45, 2.75) is 52.0 Å². The van der Waals surface area contributed by atoms with E-state index in [4.69, 9.17) is 4.98 Å². The summed E-state index contributed by atoms with van der Waals surface area (Å²) in [7, 11) is 0. The molecular formula is C17H22N2O2. The number of benzene rings is 1. The van der Waals surface area contributed by atoms with E-state index in [1.165, 1.54) is 12.8 Å². The van der Waals surface area contributed by atoms with E-state index in [-0.39, 0.29) is 0 Å². The molecular weight excluding hydrogens is 264 g/mol. The smallest absolute Gasteiger partial charge is 0.335 e.